The van der Waals surface area contributed by atoms with Crippen LogP contribution in [0.2, 0.25) is 0 Å². The highest BCUT2D eigenvalue weighted by molar-refractivity contribution is 7.15. The van der Waals surface area contributed by atoms with Crippen LogP contribution in [0.15, 0.2) is 40.5 Å². The molecule has 0 fully saturated rings. The van der Waals surface area contributed by atoms with Gasteiger partial charge in [0.1, 0.15) is 5.69 Å². The van der Waals surface area contributed by atoms with E-state index < -0.39 is 0 Å². The first kappa shape index (κ1) is 16.4. The van der Waals surface area contributed by atoms with Crippen molar-refractivity contribution in [2.45, 2.75) is 33.1 Å². The highest BCUT2D eigenvalue weighted by Crippen LogP contribution is 2.16. The topological polar surface area (TPSA) is 63.5 Å². The van der Waals surface area contributed by atoms with Crippen LogP contribution in [-0.2, 0) is 11.2 Å². The van der Waals surface area contributed by atoms with Crippen molar-refractivity contribution in [3.05, 3.63) is 63.0 Å². The lowest BCUT2D eigenvalue weighted by atomic mass is 10.1. The van der Waals surface area contributed by atoms with Gasteiger partial charge in [-0.2, -0.15) is 0 Å². The predicted octanol–water partition coefficient (Wildman–Crippen LogP) is 3.33. The SMILES string of the molecule is Cc1nc2scc(C)n2c(=O)c1NC(=O)CCCc1ccccc1. The van der Waals surface area contributed by atoms with Crippen LogP contribution < -0.4 is 10.9 Å². The van der Waals surface area contributed by atoms with E-state index in [1.807, 2.05) is 42.6 Å². The van der Waals surface area contributed by atoms with E-state index in [1.165, 1.54) is 21.3 Å². The van der Waals surface area contributed by atoms with Gasteiger partial charge in [-0.15, -0.1) is 11.3 Å². The van der Waals surface area contributed by atoms with Crippen LogP contribution in [0.4, 0.5) is 5.69 Å². The summed E-state index contributed by atoms with van der Waals surface area (Å²) in [5.74, 6) is -0.152. The highest BCUT2D eigenvalue weighted by atomic mass is 32.1. The van der Waals surface area contributed by atoms with Gasteiger partial charge in [0, 0.05) is 17.5 Å². The summed E-state index contributed by atoms with van der Waals surface area (Å²) in [6.07, 6.45) is 1.95. The summed E-state index contributed by atoms with van der Waals surface area (Å²) in [4.78, 5) is 29.8. The monoisotopic (exact) mass is 341 g/mol. The molecule has 2 heterocycles. The zero-order chi connectivity index (χ0) is 17.1. The number of thiazole rings is 1. The van der Waals surface area contributed by atoms with Crippen molar-refractivity contribution in [3.8, 4) is 0 Å². The Morgan fingerprint density at radius 2 is 2.00 bits per heavy atom. The minimum Gasteiger partial charge on any atom is -0.320 e. The zero-order valence-corrected chi connectivity index (χ0v) is 14.5. The summed E-state index contributed by atoms with van der Waals surface area (Å²) in [5.41, 5.74) is 2.65. The Labute approximate surface area is 144 Å². The fraction of sp³-hybridized carbons (Fsp3) is 0.278. The Kier molecular flexibility index (Phi) is 4.76. The van der Waals surface area contributed by atoms with Crippen molar-refractivity contribution in [1.82, 2.24) is 9.38 Å². The van der Waals surface area contributed by atoms with Gasteiger partial charge in [0.2, 0.25) is 5.91 Å². The lowest BCUT2D eigenvalue weighted by Gasteiger charge is -2.08. The third-order valence-corrected chi connectivity index (χ3v) is 4.84. The molecule has 0 aliphatic heterocycles. The number of carbonyl (C=O) groups excluding carboxylic acids is 1. The van der Waals surface area contributed by atoms with Crippen molar-refractivity contribution in [2.75, 3.05) is 5.32 Å². The molecule has 1 amide bonds. The van der Waals surface area contributed by atoms with Gasteiger partial charge in [0.05, 0.1) is 5.69 Å². The molecule has 0 spiro atoms. The molecular weight excluding hydrogens is 322 g/mol. The van der Waals surface area contributed by atoms with Crippen molar-refractivity contribution in [1.29, 1.82) is 0 Å². The molecule has 24 heavy (non-hydrogen) atoms. The fourth-order valence-electron chi connectivity index (χ4n) is 2.63. The van der Waals surface area contributed by atoms with E-state index in [1.54, 1.807) is 6.92 Å². The first-order valence-corrected chi connectivity index (χ1v) is 8.75. The van der Waals surface area contributed by atoms with Crippen LogP contribution in [-0.4, -0.2) is 15.3 Å². The number of hydrogen-bond acceptors (Lipinski definition) is 4. The first-order chi connectivity index (χ1) is 11.6. The molecule has 1 aromatic carbocycles. The van der Waals surface area contributed by atoms with Crippen LogP contribution in [0.25, 0.3) is 4.96 Å². The minimum absolute atomic E-state index is 0.152. The molecule has 3 aromatic rings. The largest absolute Gasteiger partial charge is 0.320 e. The Bertz CT molecular complexity index is 929. The quantitative estimate of drug-likeness (QED) is 0.774. The third kappa shape index (κ3) is 3.38. The van der Waals surface area contributed by atoms with Gasteiger partial charge in [0.25, 0.3) is 5.56 Å². The highest BCUT2D eigenvalue weighted by Gasteiger charge is 2.14. The maximum atomic E-state index is 12.6. The molecule has 0 aliphatic rings. The standard InChI is InChI=1S/C18H19N3O2S/c1-12-11-24-18-19-13(2)16(17(23)21(12)18)20-15(22)10-6-9-14-7-4-3-5-8-14/h3-5,7-8,11H,6,9-10H2,1-2H3,(H,20,22). The molecule has 0 bridgehead atoms. The van der Waals surface area contributed by atoms with E-state index in [4.69, 9.17) is 0 Å². The average Bonchev–Trinajstić information content (AvgIpc) is 2.93. The van der Waals surface area contributed by atoms with E-state index in [2.05, 4.69) is 10.3 Å². The van der Waals surface area contributed by atoms with E-state index in [9.17, 15) is 9.59 Å². The smallest absolute Gasteiger partial charge is 0.282 e. The van der Waals surface area contributed by atoms with Gasteiger partial charge >= 0.3 is 0 Å². The van der Waals surface area contributed by atoms with Gasteiger partial charge in [-0.1, -0.05) is 30.3 Å². The molecule has 0 unspecified atom stereocenters. The second-order valence-corrected chi connectivity index (χ2v) is 6.60. The Balaban J connectivity index is 1.69. The van der Waals surface area contributed by atoms with Gasteiger partial charge in [-0.25, -0.2) is 4.98 Å². The maximum Gasteiger partial charge on any atom is 0.282 e. The van der Waals surface area contributed by atoms with Crippen LogP contribution in [0.3, 0.4) is 0 Å². The number of amides is 1. The average molecular weight is 341 g/mol. The van der Waals surface area contributed by atoms with E-state index >= 15 is 0 Å². The molecule has 6 heteroatoms. The fourth-order valence-corrected chi connectivity index (χ4v) is 3.53. The number of aromatic nitrogens is 2. The van der Waals surface area contributed by atoms with Gasteiger partial charge in [-0.05, 0) is 32.3 Å². The molecular formula is C18H19N3O2S. The predicted molar refractivity (Wildman–Crippen MR) is 96.8 cm³/mol. The summed E-state index contributed by atoms with van der Waals surface area (Å²) in [6, 6.07) is 10.0. The molecule has 5 nitrogen and oxygen atoms in total. The summed E-state index contributed by atoms with van der Waals surface area (Å²) in [7, 11) is 0. The number of nitrogens with one attached hydrogen (secondary N) is 1. The molecule has 0 atom stereocenters. The van der Waals surface area contributed by atoms with Crippen LogP contribution >= 0.6 is 11.3 Å². The van der Waals surface area contributed by atoms with Gasteiger partial charge in [-0.3, -0.25) is 14.0 Å². The summed E-state index contributed by atoms with van der Waals surface area (Å²) < 4.78 is 1.54. The Hall–Kier alpha value is -2.47. The molecule has 1 N–H and O–H groups in total. The van der Waals surface area contributed by atoms with Crippen LogP contribution in [0.1, 0.15) is 29.8 Å². The van der Waals surface area contributed by atoms with Crippen LogP contribution in [0, 0.1) is 13.8 Å². The van der Waals surface area contributed by atoms with Crippen molar-refractivity contribution >= 4 is 27.9 Å². The number of rotatable bonds is 5. The zero-order valence-electron chi connectivity index (χ0n) is 13.7. The van der Waals surface area contributed by atoms with Crippen molar-refractivity contribution in [2.24, 2.45) is 0 Å². The number of carbonyl (C=O) groups is 1. The number of nitrogens with zero attached hydrogens (tertiary/aromatic N) is 2. The number of benzene rings is 1. The van der Waals surface area contributed by atoms with Crippen molar-refractivity contribution < 1.29 is 4.79 Å². The molecule has 3 rings (SSSR count). The van der Waals surface area contributed by atoms with Crippen molar-refractivity contribution in [3.63, 3.8) is 0 Å². The molecule has 124 valence electrons. The molecule has 0 saturated carbocycles. The molecule has 0 radical (unpaired) electrons. The molecule has 2 aromatic heterocycles. The molecule has 0 aliphatic carbocycles. The van der Waals surface area contributed by atoms with Crippen LogP contribution in [0.5, 0.6) is 0 Å². The Morgan fingerprint density at radius 1 is 1.25 bits per heavy atom. The normalized spacial score (nSPS) is 10.9. The second-order valence-electron chi connectivity index (χ2n) is 5.76. The van der Waals surface area contributed by atoms with E-state index in [0.29, 0.717) is 17.1 Å². The second kappa shape index (κ2) is 6.97. The third-order valence-electron chi connectivity index (χ3n) is 3.90. The molecule has 0 saturated heterocycles. The lowest BCUT2D eigenvalue weighted by molar-refractivity contribution is -0.116. The van der Waals surface area contributed by atoms with E-state index in [-0.39, 0.29) is 17.2 Å². The minimum atomic E-state index is -0.215. The van der Waals surface area contributed by atoms with Gasteiger partial charge < -0.3 is 5.32 Å². The first-order valence-electron chi connectivity index (χ1n) is 7.87. The summed E-state index contributed by atoms with van der Waals surface area (Å²) in [6.45, 7) is 3.60. The maximum absolute atomic E-state index is 12.6. The number of hydrogen-bond donors (Lipinski definition) is 1. The number of aryl methyl sites for hydroxylation is 3. The number of anilines is 1. The Morgan fingerprint density at radius 3 is 2.75 bits per heavy atom. The summed E-state index contributed by atoms with van der Waals surface area (Å²) >= 11 is 1.42. The summed E-state index contributed by atoms with van der Waals surface area (Å²) in [5, 5.41) is 4.63. The van der Waals surface area contributed by atoms with Gasteiger partial charge in [0.15, 0.2) is 4.96 Å². The number of fused-ring (bicyclic) bond motifs is 1. The lowest BCUT2D eigenvalue weighted by Crippen LogP contribution is -2.24. The van der Waals surface area contributed by atoms with E-state index in [0.717, 1.165) is 18.5 Å².